The molecular formula is C15H19N5. The molecule has 0 saturated carbocycles. The third kappa shape index (κ3) is 3.78. The minimum absolute atomic E-state index is 0.480. The van der Waals surface area contributed by atoms with Crippen LogP contribution < -0.4 is 10.6 Å². The number of rotatable bonds is 6. The summed E-state index contributed by atoms with van der Waals surface area (Å²) in [5.41, 5.74) is 2.29. The molecule has 0 fully saturated rings. The van der Waals surface area contributed by atoms with Gasteiger partial charge >= 0.3 is 0 Å². The van der Waals surface area contributed by atoms with E-state index in [1.165, 1.54) is 5.56 Å². The van der Waals surface area contributed by atoms with Crippen molar-refractivity contribution in [2.24, 2.45) is 0 Å². The van der Waals surface area contributed by atoms with Crippen molar-refractivity contribution in [1.29, 1.82) is 0 Å². The molecule has 20 heavy (non-hydrogen) atoms. The fourth-order valence-corrected chi connectivity index (χ4v) is 1.70. The van der Waals surface area contributed by atoms with E-state index in [2.05, 4.69) is 58.4 Å². The number of anilines is 3. The first-order valence-electron chi connectivity index (χ1n) is 6.60. The van der Waals surface area contributed by atoms with E-state index in [4.69, 9.17) is 0 Å². The van der Waals surface area contributed by atoms with Crippen LogP contribution in [0.25, 0.3) is 0 Å². The molecule has 0 amide bonds. The molecule has 0 aliphatic heterocycles. The quantitative estimate of drug-likeness (QED) is 0.787. The molecule has 0 unspecified atom stereocenters. The number of hydrogen-bond acceptors (Lipinski definition) is 5. The van der Waals surface area contributed by atoms with Gasteiger partial charge in [-0.05, 0) is 23.6 Å². The number of nitrogens with zero attached hydrogens (tertiary/aromatic N) is 3. The number of benzene rings is 1. The molecule has 0 aliphatic carbocycles. The summed E-state index contributed by atoms with van der Waals surface area (Å²) < 4.78 is 0. The van der Waals surface area contributed by atoms with Crippen molar-refractivity contribution in [3.63, 3.8) is 0 Å². The van der Waals surface area contributed by atoms with Crippen LogP contribution in [-0.4, -0.2) is 21.7 Å². The van der Waals surface area contributed by atoms with Crippen LogP contribution in [0.15, 0.2) is 43.1 Å². The second kappa shape index (κ2) is 6.65. The number of hydrogen-bond donors (Lipinski definition) is 2. The van der Waals surface area contributed by atoms with Gasteiger partial charge in [-0.25, -0.2) is 0 Å². The predicted molar refractivity (Wildman–Crippen MR) is 82.3 cm³/mol. The molecule has 0 bridgehead atoms. The summed E-state index contributed by atoms with van der Waals surface area (Å²) >= 11 is 0. The standard InChI is InChI=1S/C15H19N5/c1-4-9-16-15-19-14(10-17-20-15)18-13-7-5-12(6-8-13)11(2)3/h4-8,10-11H,1,9H2,2-3H3,(H2,16,18,19,20). The molecular weight excluding hydrogens is 250 g/mol. The van der Waals surface area contributed by atoms with Crippen LogP contribution in [0.2, 0.25) is 0 Å². The molecule has 2 aromatic rings. The highest BCUT2D eigenvalue weighted by Crippen LogP contribution is 2.19. The predicted octanol–water partition coefficient (Wildman–Crippen LogP) is 3.34. The fourth-order valence-electron chi connectivity index (χ4n) is 1.70. The maximum absolute atomic E-state index is 4.32. The van der Waals surface area contributed by atoms with Gasteiger partial charge in [0.05, 0.1) is 6.20 Å². The van der Waals surface area contributed by atoms with Crippen LogP contribution in [-0.2, 0) is 0 Å². The Labute approximate surface area is 119 Å². The second-order valence-electron chi connectivity index (χ2n) is 4.74. The van der Waals surface area contributed by atoms with Gasteiger partial charge in [0, 0.05) is 12.2 Å². The third-order valence-corrected chi connectivity index (χ3v) is 2.81. The van der Waals surface area contributed by atoms with Crippen LogP contribution in [0.4, 0.5) is 17.5 Å². The molecule has 1 aromatic heterocycles. The first-order valence-corrected chi connectivity index (χ1v) is 6.60. The van der Waals surface area contributed by atoms with Crippen molar-refractivity contribution in [2.45, 2.75) is 19.8 Å². The van der Waals surface area contributed by atoms with Gasteiger partial charge in [0.1, 0.15) is 0 Å². The average molecular weight is 269 g/mol. The zero-order valence-electron chi connectivity index (χ0n) is 11.8. The molecule has 1 aromatic carbocycles. The van der Waals surface area contributed by atoms with Gasteiger partial charge in [-0.2, -0.15) is 10.1 Å². The van der Waals surface area contributed by atoms with E-state index in [0.29, 0.717) is 24.2 Å². The van der Waals surface area contributed by atoms with Crippen molar-refractivity contribution in [3.8, 4) is 0 Å². The minimum atomic E-state index is 0.480. The maximum atomic E-state index is 4.32. The Hall–Kier alpha value is -2.43. The molecule has 2 N–H and O–H groups in total. The molecule has 1 heterocycles. The fraction of sp³-hybridized carbons (Fsp3) is 0.267. The molecule has 5 nitrogen and oxygen atoms in total. The average Bonchev–Trinajstić information content (AvgIpc) is 2.46. The summed E-state index contributed by atoms with van der Waals surface area (Å²) in [5, 5.41) is 14.0. The van der Waals surface area contributed by atoms with Crippen molar-refractivity contribution in [2.75, 3.05) is 17.2 Å². The lowest BCUT2D eigenvalue weighted by molar-refractivity contribution is 0.867. The summed E-state index contributed by atoms with van der Waals surface area (Å²) in [6, 6.07) is 8.29. The Morgan fingerprint density at radius 3 is 2.65 bits per heavy atom. The van der Waals surface area contributed by atoms with Crippen molar-refractivity contribution < 1.29 is 0 Å². The van der Waals surface area contributed by atoms with Gasteiger partial charge in [0.2, 0.25) is 5.95 Å². The molecule has 0 atom stereocenters. The zero-order valence-corrected chi connectivity index (χ0v) is 11.8. The van der Waals surface area contributed by atoms with Gasteiger partial charge < -0.3 is 10.6 Å². The number of nitrogens with one attached hydrogen (secondary N) is 2. The lowest BCUT2D eigenvalue weighted by Crippen LogP contribution is -2.05. The Kier molecular flexibility index (Phi) is 4.65. The van der Waals surface area contributed by atoms with Gasteiger partial charge in [-0.15, -0.1) is 11.7 Å². The summed E-state index contributed by atoms with van der Waals surface area (Å²) in [6.07, 6.45) is 3.34. The molecule has 5 heteroatoms. The monoisotopic (exact) mass is 269 g/mol. The number of aromatic nitrogens is 3. The maximum Gasteiger partial charge on any atom is 0.244 e. The summed E-state index contributed by atoms with van der Waals surface area (Å²) in [6.45, 7) is 8.59. The Bertz CT molecular complexity index is 563. The van der Waals surface area contributed by atoms with E-state index in [1.54, 1.807) is 12.3 Å². The van der Waals surface area contributed by atoms with E-state index in [9.17, 15) is 0 Å². The lowest BCUT2D eigenvalue weighted by Gasteiger charge is -2.09. The normalized spacial score (nSPS) is 10.3. The van der Waals surface area contributed by atoms with Gasteiger partial charge in [-0.3, -0.25) is 0 Å². The van der Waals surface area contributed by atoms with Crippen LogP contribution in [0.3, 0.4) is 0 Å². The second-order valence-corrected chi connectivity index (χ2v) is 4.74. The van der Waals surface area contributed by atoms with E-state index in [1.807, 2.05) is 12.1 Å². The van der Waals surface area contributed by atoms with E-state index >= 15 is 0 Å². The third-order valence-electron chi connectivity index (χ3n) is 2.81. The molecule has 0 saturated heterocycles. The topological polar surface area (TPSA) is 62.7 Å². The highest BCUT2D eigenvalue weighted by atomic mass is 15.3. The molecule has 0 spiro atoms. The van der Waals surface area contributed by atoms with Crippen molar-refractivity contribution in [3.05, 3.63) is 48.7 Å². The lowest BCUT2D eigenvalue weighted by atomic mass is 10.0. The largest absolute Gasteiger partial charge is 0.349 e. The summed E-state index contributed by atoms with van der Waals surface area (Å²) in [7, 11) is 0. The molecule has 0 aliphatic rings. The van der Waals surface area contributed by atoms with Gasteiger partial charge in [0.15, 0.2) is 5.82 Å². The summed E-state index contributed by atoms with van der Waals surface area (Å²) in [4.78, 5) is 4.32. The van der Waals surface area contributed by atoms with Gasteiger partial charge in [-0.1, -0.05) is 32.1 Å². The van der Waals surface area contributed by atoms with E-state index in [0.717, 1.165) is 5.69 Å². The van der Waals surface area contributed by atoms with Crippen molar-refractivity contribution in [1.82, 2.24) is 15.2 Å². The molecule has 2 rings (SSSR count). The van der Waals surface area contributed by atoms with Gasteiger partial charge in [0.25, 0.3) is 0 Å². The Morgan fingerprint density at radius 1 is 1.25 bits per heavy atom. The van der Waals surface area contributed by atoms with Crippen molar-refractivity contribution >= 4 is 17.5 Å². The Morgan fingerprint density at radius 2 is 2.00 bits per heavy atom. The van der Waals surface area contributed by atoms with Crippen LogP contribution >= 0.6 is 0 Å². The molecule has 0 radical (unpaired) electrons. The SMILES string of the molecule is C=CCNc1nncc(Nc2ccc(C(C)C)cc2)n1. The van der Waals surface area contributed by atoms with Crippen LogP contribution in [0, 0.1) is 0 Å². The first kappa shape index (κ1) is 14.0. The zero-order chi connectivity index (χ0) is 14.4. The highest BCUT2D eigenvalue weighted by Gasteiger charge is 2.02. The highest BCUT2D eigenvalue weighted by molar-refractivity contribution is 5.56. The molecule has 104 valence electrons. The van der Waals surface area contributed by atoms with E-state index < -0.39 is 0 Å². The van der Waals surface area contributed by atoms with Crippen LogP contribution in [0.1, 0.15) is 25.3 Å². The van der Waals surface area contributed by atoms with Crippen LogP contribution in [0.5, 0.6) is 0 Å². The van der Waals surface area contributed by atoms with E-state index in [-0.39, 0.29) is 0 Å². The smallest absolute Gasteiger partial charge is 0.244 e. The Balaban J connectivity index is 2.07. The minimum Gasteiger partial charge on any atom is -0.349 e. The summed E-state index contributed by atoms with van der Waals surface area (Å²) in [5.74, 6) is 1.66. The first-order chi connectivity index (χ1) is 9.69.